The van der Waals surface area contributed by atoms with Crippen molar-refractivity contribution < 1.29 is 9.18 Å². The quantitative estimate of drug-likeness (QED) is 0.925. The summed E-state index contributed by atoms with van der Waals surface area (Å²) in [5.74, 6) is 0.0637. The molecule has 20 heavy (non-hydrogen) atoms. The van der Waals surface area contributed by atoms with E-state index in [1.54, 1.807) is 24.1 Å². The number of carbonyl (C=O) groups excluding carboxylic acids is 1. The topological polar surface area (TPSA) is 32.3 Å². The van der Waals surface area contributed by atoms with Gasteiger partial charge in [0.15, 0.2) is 0 Å². The lowest BCUT2D eigenvalue weighted by Crippen LogP contribution is -2.29. The summed E-state index contributed by atoms with van der Waals surface area (Å²) in [5, 5.41) is 3.60. The Balaban J connectivity index is 0.00000200. The van der Waals surface area contributed by atoms with E-state index in [1.807, 2.05) is 0 Å². The van der Waals surface area contributed by atoms with E-state index < -0.39 is 0 Å². The Bertz CT molecular complexity index is 444. The minimum Gasteiger partial charge on any atom is -0.341 e. The smallest absolute Gasteiger partial charge is 0.222 e. The van der Waals surface area contributed by atoms with E-state index in [1.165, 1.54) is 6.07 Å². The highest BCUT2D eigenvalue weighted by atomic mass is 35.5. The maximum Gasteiger partial charge on any atom is 0.222 e. The number of rotatable bonds is 4. The van der Waals surface area contributed by atoms with Gasteiger partial charge in [-0.15, -0.1) is 12.4 Å². The SMILES string of the molecule is CN(Cc1c(F)cccc1Cl)C(=O)CC1CCNC1.Cl. The molecule has 6 heteroatoms. The average Bonchev–Trinajstić information content (AvgIpc) is 2.86. The van der Waals surface area contributed by atoms with Gasteiger partial charge in [0.2, 0.25) is 5.91 Å². The fraction of sp³-hybridized carbons (Fsp3) is 0.500. The number of benzene rings is 1. The van der Waals surface area contributed by atoms with Crippen LogP contribution < -0.4 is 5.32 Å². The van der Waals surface area contributed by atoms with Gasteiger partial charge in [0.1, 0.15) is 5.82 Å². The summed E-state index contributed by atoms with van der Waals surface area (Å²) in [6.07, 6.45) is 1.54. The van der Waals surface area contributed by atoms with E-state index in [0.717, 1.165) is 19.5 Å². The predicted octanol–water partition coefficient (Wildman–Crippen LogP) is 2.86. The van der Waals surface area contributed by atoms with Crippen molar-refractivity contribution >= 4 is 29.9 Å². The van der Waals surface area contributed by atoms with Crippen LogP contribution in [0.25, 0.3) is 0 Å². The van der Waals surface area contributed by atoms with E-state index in [0.29, 0.717) is 22.9 Å². The Hall–Kier alpha value is -0.840. The lowest BCUT2D eigenvalue weighted by atomic mass is 10.0. The molecular formula is C14H19Cl2FN2O. The molecule has 1 fully saturated rings. The molecule has 1 aliphatic rings. The molecule has 1 saturated heterocycles. The van der Waals surface area contributed by atoms with Crippen LogP contribution in [0.2, 0.25) is 5.02 Å². The Morgan fingerprint density at radius 3 is 2.90 bits per heavy atom. The molecule has 1 unspecified atom stereocenters. The predicted molar refractivity (Wildman–Crippen MR) is 80.7 cm³/mol. The van der Waals surface area contributed by atoms with Gasteiger partial charge in [-0.25, -0.2) is 4.39 Å². The molecule has 0 aromatic heterocycles. The molecule has 0 radical (unpaired) electrons. The Morgan fingerprint density at radius 1 is 1.55 bits per heavy atom. The van der Waals surface area contributed by atoms with Gasteiger partial charge in [0, 0.05) is 30.6 Å². The first-order chi connectivity index (χ1) is 9.08. The van der Waals surface area contributed by atoms with Crippen LogP contribution >= 0.6 is 24.0 Å². The zero-order valence-corrected chi connectivity index (χ0v) is 12.9. The van der Waals surface area contributed by atoms with E-state index in [9.17, 15) is 9.18 Å². The second-order valence-corrected chi connectivity index (χ2v) is 5.42. The minimum absolute atomic E-state index is 0. The van der Waals surface area contributed by atoms with Crippen molar-refractivity contribution in [1.29, 1.82) is 0 Å². The first-order valence-electron chi connectivity index (χ1n) is 6.45. The number of hydrogen-bond acceptors (Lipinski definition) is 2. The lowest BCUT2D eigenvalue weighted by molar-refractivity contribution is -0.131. The van der Waals surface area contributed by atoms with Crippen LogP contribution in [0.4, 0.5) is 4.39 Å². The van der Waals surface area contributed by atoms with Gasteiger partial charge in [0.25, 0.3) is 0 Å². The molecule has 112 valence electrons. The Morgan fingerprint density at radius 2 is 2.30 bits per heavy atom. The van der Waals surface area contributed by atoms with Gasteiger partial charge in [-0.05, 0) is 37.6 Å². The van der Waals surface area contributed by atoms with Gasteiger partial charge in [-0.1, -0.05) is 17.7 Å². The Labute approximate surface area is 129 Å². The third-order valence-corrected chi connectivity index (χ3v) is 3.86. The molecule has 1 heterocycles. The van der Waals surface area contributed by atoms with E-state index in [4.69, 9.17) is 11.6 Å². The highest BCUT2D eigenvalue weighted by molar-refractivity contribution is 6.31. The van der Waals surface area contributed by atoms with Crippen molar-refractivity contribution in [3.63, 3.8) is 0 Å². The summed E-state index contributed by atoms with van der Waals surface area (Å²) in [6, 6.07) is 4.56. The van der Waals surface area contributed by atoms with Crippen LogP contribution in [0.5, 0.6) is 0 Å². The standard InChI is InChI=1S/C14H18ClFN2O.ClH/c1-18(14(19)7-10-5-6-17-8-10)9-11-12(15)3-2-4-13(11)16;/h2-4,10,17H,5-9H2,1H3;1H. The molecule has 0 bridgehead atoms. The lowest BCUT2D eigenvalue weighted by Gasteiger charge is -2.20. The van der Waals surface area contributed by atoms with Crippen molar-refractivity contribution in [3.8, 4) is 0 Å². The second-order valence-electron chi connectivity index (χ2n) is 5.01. The van der Waals surface area contributed by atoms with Crippen LogP contribution in [0.1, 0.15) is 18.4 Å². The number of nitrogens with zero attached hydrogens (tertiary/aromatic N) is 1. The molecule has 0 aliphatic carbocycles. The Kier molecular flexibility index (Phi) is 6.72. The molecule has 1 atom stereocenters. The van der Waals surface area contributed by atoms with E-state index in [-0.39, 0.29) is 30.7 Å². The fourth-order valence-electron chi connectivity index (χ4n) is 2.30. The zero-order chi connectivity index (χ0) is 13.8. The number of halogens is 3. The molecule has 1 aromatic rings. The van der Waals surface area contributed by atoms with Crippen molar-refractivity contribution in [2.45, 2.75) is 19.4 Å². The van der Waals surface area contributed by atoms with Crippen LogP contribution in [-0.2, 0) is 11.3 Å². The van der Waals surface area contributed by atoms with Crippen LogP contribution in [0.15, 0.2) is 18.2 Å². The summed E-state index contributed by atoms with van der Waals surface area (Å²) in [5.41, 5.74) is 0.379. The number of amides is 1. The molecular weight excluding hydrogens is 302 g/mol. The number of carbonyl (C=O) groups is 1. The minimum atomic E-state index is -0.366. The summed E-state index contributed by atoms with van der Waals surface area (Å²) in [6.45, 7) is 2.07. The van der Waals surface area contributed by atoms with Crippen molar-refractivity contribution in [2.75, 3.05) is 20.1 Å². The molecule has 1 N–H and O–H groups in total. The third kappa shape index (κ3) is 4.33. The summed E-state index contributed by atoms with van der Waals surface area (Å²) in [7, 11) is 1.69. The third-order valence-electron chi connectivity index (χ3n) is 3.51. The van der Waals surface area contributed by atoms with Crippen LogP contribution in [0.3, 0.4) is 0 Å². The summed E-state index contributed by atoms with van der Waals surface area (Å²) in [4.78, 5) is 13.6. The molecule has 1 aromatic carbocycles. The van der Waals surface area contributed by atoms with Crippen molar-refractivity contribution in [3.05, 3.63) is 34.6 Å². The highest BCUT2D eigenvalue weighted by Crippen LogP contribution is 2.21. The summed E-state index contributed by atoms with van der Waals surface area (Å²) >= 11 is 5.96. The van der Waals surface area contributed by atoms with Crippen molar-refractivity contribution in [1.82, 2.24) is 10.2 Å². The summed E-state index contributed by atoms with van der Waals surface area (Å²) < 4.78 is 13.6. The number of hydrogen-bond donors (Lipinski definition) is 1. The highest BCUT2D eigenvalue weighted by Gasteiger charge is 2.21. The number of nitrogens with one attached hydrogen (secondary N) is 1. The van der Waals surface area contributed by atoms with E-state index >= 15 is 0 Å². The molecule has 2 rings (SSSR count). The largest absolute Gasteiger partial charge is 0.341 e. The van der Waals surface area contributed by atoms with Gasteiger partial charge in [-0.2, -0.15) is 0 Å². The first-order valence-corrected chi connectivity index (χ1v) is 6.83. The second kappa shape index (κ2) is 7.81. The van der Waals surface area contributed by atoms with Crippen molar-refractivity contribution in [2.24, 2.45) is 5.92 Å². The van der Waals surface area contributed by atoms with Gasteiger partial charge >= 0.3 is 0 Å². The van der Waals surface area contributed by atoms with Gasteiger partial charge in [-0.3, -0.25) is 4.79 Å². The fourth-order valence-corrected chi connectivity index (χ4v) is 2.52. The monoisotopic (exact) mass is 320 g/mol. The maximum absolute atomic E-state index is 13.6. The van der Waals surface area contributed by atoms with Gasteiger partial charge < -0.3 is 10.2 Å². The molecule has 1 amide bonds. The average molecular weight is 321 g/mol. The zero-order valence-electron chi connectivity index (χ0n) is 11.4. The molecule has 0 saturated carbocycles. The normalized spacial score (nSPS) is 17.6. The molecule has 3 nitrogen and oxygen atoms in total. The van der Waals surface area contributed by atoms with Gasteiger partial charge in [0.05, 0.1) is 0 Å². The maximum atomic E-state index is 13.6. The molecule has 1 aliphatic heterocycles. The van der Waals surface area contributed by atoms with Crippen LogP contribution in [0, 0.1) is 11.7 Å². The first kappa shape index (κ1) is 17.2. The van der Waals surface area contributed by atoms with Crippen LogP contribution in [-0.4, -0.2) is 30.9 Å². The molecule has 0 spiro atoms. The van der Waals surface area contributed by atoms with E-state index in [2.05, 4.69) is 5.32 Å².